The van der Waals surface area contributed by atoms with Crippen LogP contribution in [0.1, 0.15) is 27.2 Å². The molecule has 0 aliphatic carbocycles. The quantitative estimate of drug-likeness (QED) is 0.484. The zero-order valence-corrected chi connectivity index (χ0v) is 11.6. The summed E-state index contributed by atoms with van der Waals surface area (Å²) in [5.74, 6) is -0.967. The van der Waals surface area contributed by atoms with Crippen LogP contribution >= 0.6 is 24.6 Å². The van der Waals surface area contributed by atoms with Crippen LogP contribution in [0.4, 0.5) is 0 Å². The van der Waals surface area contributed by atoms with Crippen molar-refractivity contribution in [1.29, 1.82) is 0 Å². The number of carbonyl (C=O) groups is 3. The van der Waals surface area contributed by atoms with Crippen molar-refractivity contribution < 1.29 is 19.2 Å². The maximum atomic E-state index is 11.5. The van der Waals surface area contributed by atoms with Crippen LogP contribution in [0.25, 0.3) is 0 Å². The zero-order chi connectivity index (χ0) is 13.5. The number of rotatable bonds is 6. The Kier molecular flexibility index (Phi) is 7.24. The Morgan fingerprint density at radius 2 is 1.94 bits per heavy atom. The molecule has 0 saturated carbocycles. The molecule has 17 heavy (non-hydrogen) atoms. The van der Waals surface area contributed by atoms with Gasteiger partial charge in [0.15, 0.2) is 5.12 Å². The number of hydrogen-bond acceptors (Lipinski definition) is 7. The molecule has 0 rings (SSSR count). The Hall–Kier alpha value is -0.730. The summed E-state index contributed by atoms with van der Waals surface area (Å²) in [6.45, 7) is 4.77. The summed E-state index contributed by atoms with van der Waals surface area (Å²) in [7, 11) is 0. The summed E-state index contributed by atoms with van der Waals surface area (Å²) < 4.78 is -0.498. The van der Waals surface area contributed by atoms with Gasteiger partial charge in [0.1, 0.15) is 6.54 Å². The third kappa shape index (κ3) is 9.02. The lowest BCUT2D eigenvalue weighted by Crippen LogP contribution is -2.35. The first-order chi connectivity index (χ1) is 7.76. The minimum Gasteiger partial charge on any atom is -0.358 e. The molecule has 1 amide bonds. The first-order valence-corrected chi connectivity index (χ1v) is 6.08. The maximum absolute atomic E-state index is 11.5. The van der Waals surface area contributed by atoms with Gasteiger partial charge in [-0.2, -0.15) is 0 Å². The molecule has 0 saturated heterocycles. The molecule has 98 valence electrons. The highest BCUT2D eigenvalue weighted by atomic mass is 32.2. The van der Waals surface area contributed by atoms with Gasteiger partial charge in [0.05, 0.1) is 0 Å². The molecule has 0 atom stereocenters. The number of hydrogen-bond donors (Lipinski definition) is 3. The third-order valence-corrected chi connectivity index (χ3v) is 2.67. The van der Waals surface area contributed by atoms with Crippen molar-refractivity contribution in [2.75, 3.05) is 6.54 Å². The number of nitrogens with one attached hydrogen (secondary N) is 2. The first-order valence-electron chi connectivity index (χ1n) is 4.82. The Bertz CT molecular complexity index is 307. The zero-order valence-electron chi connectivity index (χ0n) is 9.90. The highest BCUT2D eigenvalue weighted by Crippen LogP contribution is 2.28. The van der Waals surface area contributed by atoms with Gasteiger partial charge in [-0.05, 0) is 13.8 Å². The van der Waals surface area contributed by atoms with Crippen molar-refractivity contribution in [3.8, 4) is 0 Å². The largest absolute Gasteiger partial charge is 0.358 e. The summed E-state index contributed by atoms with van der Waals surface area (Å²) in [5, 5.41) is 2.33. The standard InChI is InChI=1S/C9H16N2O4S2/c1-6(12)17-9(2,3)4-7(13)10-5-8(14)15-11-16/h11,16H,4-5H2,1-3H3,(H,10,13). The molecule has 2 N–H and O–H groups in total. The van der Waals surface area contributed by atoms with Gasteiger partial charge in [-0.25, -0.2) is 4.79 Å². The normalized spacial score (nSPS) is 10.8. The van der Waals surface area contributed by atoms with Gasteiger partial charge in [0, 0.05) is 18.1 Å². The molecular formula is C9H16N2O4S2. The van der Waals surface area contributed by atoms with E-state index >= 15 is 0 Å². The number of amides is 1. The van der Waals surface area contributed by atoms with E-state index in [0.29, 0.717) is 0 Å². The molecule has 8 heteroatoms. The highest BCUT2D eigenvalue weighted by Gasteiger charge is 2.24. The SMILES string of the molecule is CC(=O)SC(C)(C)CC(=O)NCC(=O)ONS. The van der Waals surface area contributed by atoms with Gasteiger partial charge in [0.25, 0.3) is 0 Å². The lowest BCUT2D eigenvalue weighted by atomic mass is 10.1. The average Bonchev–Trinajstić information content (AvgIpc) is 2.12. The fraction of sp³-hybridized carbons (Fsp3) is 0.667. The molecule has 0 radical (unpaired) electrons. The second kappa shape index (κ2) is 7.57. The lowest BCUT2D eigenvalue weighted by molar-refractivity contribution is -0.146. The first kappa shape index (κ1) is 16.3. The van der Waals surface area contributed by atoms with E-state index in [1.54, 1.807) is 13.8 Å². The van der Waals surface area contributed by atoms with Crippen molar-refractivity contribution >= 4 is 41.6 Å². The summed E-state index contributed by atoms with van der Waals surface area (Å²) in [5.41, 5.74) is 0. The van der Waals surface area contributed by atoms with Gasteiger partial charge in [0.2, 0.25) is 5.91 Å². The van der Waals surface area contributed by atoms with Crippen molar-refractivity contribution in [2.24, 2.45) is 0 Å². The predicted octanol–water partition coefficient (Wildman–Crippen LogP) is 0.444. The van der Waals surface area contributed by atoms with E-state index in [4.69, 9.17) is 0 Å². The molecule has 6 nitrogen and oxygen atoms in total. The van der Waals surface area contributed by atoms with Gasteiger partial charge < -0.3 is 10.2 Å². The topological polar surface area (TPSA) is 84.5 Å². The Morgan fingerprint density at radius 1 is 1.35 bits per heavy atom. The van der Waals surface area contributed by atoms with Gasteiger partial charge in [-0.15, -0.1) is 0 Å². The third-order valence-electron chi connectivity index (χ3n) is 1.60. The Morgan fingerprint density at radius 3 is 2.41 bits per heavy atom. The van der Waals surface area contributed by atoms with Crippen LogP contribution < -0.4 is 10.2 Å². The number of thiol groups is 1. The molecule has 0 fully saturated rings. The second-order valence-corrected chi connectivity index (χ2v) is 5.94. The fourth-order valence-corrected chi connectivity index (χ4v) is 2.22. The van der Waals surface area contributed by atoms with E-state index < -0.39 is 10.7 Å². The van der Waals surface area contributed by atoms with Crippen molar-refractivity contribution in [1.82, 2.24) is 10.2 Å². The number of carbonyl (C=O) groups excluding carboxylic acids is 3. The molecule has 0 aromatic heterocycles. The van der Waals surface area contributed by atoms with Crippen LogP contribution in [0.2, 0.25) is 0 Å². The van der Waals surface area contributed by atoms with Crippen molar-refractivity contribution in [3.63, 3.8) is 0 Å². The molecule has 0 aliphatic rings. The monoisotopic (exact) mass is 280 g/mol. The van der Waals surface area contributed by atoms with Crippen LogP contribution in [-0.4, -0.2) is 28.3 Å². The van der Waals surface area contributed by atoms with Crippen LogP contribution in [0.15, 0.2) is 0 Å². The van der Waals surface area contributed by atoms with Crippen LogP contribution in [0.3, 0.4) is 0 Å². The minimum absolute atomic E-state index is 0.0542. The predicted molar refractivity (Wildman–Crippen MR) is 68.2 cm³/mol. The van der Waals surface area contributed by atoms with E-state index in [-0.39, 0.29) is 24.0 Å². The van der Waals surface area contributed by atoms with Crippen LogP contribution in [-0.2, 0) is 19.2 Å². The fourth-order valence-electron chi connectivity index (χ4n) is 1.13. The summed E-state index contributed by atoms with van der Waals surface area (Å²) in [6.07, 6.45) is 0.138. The van der Waals surface area contributed by atoms with Gasteiger partial charge >= 0.3 is 5.97 Å². The van der Waals surface area contributed by atoms with Crippen LogP contribution in [0, 0.1) is 0 Å². The maximum Gasteiger partial charge on any atom is 0.344 e. The molecule has 0 heterocycles. The van der Waals surface area contributed by atoms with Crippen molar-refractivity contribution in [3.05, 3.63) is 0 Å². The van der Waals surface area contributed by atoms with Crippen molar-refractivity contribution in [2.45, 2.75) is 31.9 Å². The molecule has 0 aromatic rings. The smallest absolute Gasteiger partial charge is 0.344 e. The van der Waals surface area contributed by atoms with E-state index in [1.807, 2.05) is 4.89 Å². The minimum atomic E-state index is -0.648. The molecule has 0 aliphatic heterocycles. The molecule has 0 aromatic carbocycles. The van der Waals surface area contributed by atoms with Gasteiger partial charge in [-0.1, -0.05) is 29.5 Å². The second-order valence-electron chi connectivity index (χ2n) is 3.87. The van der Waals surface area contributed by atoms with Crippen LogP contribution in [0.5, 0.6) is 0 Å². The van der Waals surface area contributed by atoms with E-state index in [2.05, 4.69) is 23.0 Å². The highest BCUT2D eigenvalue weighted by molar-refractivity contribution is 8.14. The average molecular weight is 280 g/mol. The van der Waals surface area contributed by atoms with Gasteiger partial charge in [-0.3, -0.25) is 9.59 Å². The van der Waals surface area contributed by atoms with E-state index in [0.717, 1.165) is 11.8 Å². The van der Waals surface area contributed by atoms with E-state index in [1.165, 1.54) is 6.92 Å². The van der Waals surface area contributed by atoms with E-state index in [9.17, 15) is 14.4 Å². The molecular weight excluding hydrogens is 264 g/mol. The summed E-state index contributed by atoms with van der Waals surface area (Å²) >= 11 is 4.55. The Labute approximate surface area is 110 Å². The summed E-state index contributed by atoms with van der Waals surface area (Å²) in [6, 6.07) is 0. The molecule has 0 bridgehead atoms. The Balaban J connectivity index is 4.01. The lowest BCUT2D eigenvalue weighted by Gasteiger charge is -2.21. The summed E-state index contributed by atoms with van der Waals surface area (Å²) in [4.78, 5) is 39.5. The molecule has 0 spiro atoms. The number of thioether (sulfide) groups is 1. The molecule has 0 unspecified atom stereocenters.